The molecule has 43 heavy (non-hydrogen) atoms. The van der Waals surface area contributed by atoms with Crippen LogP contribution in [-0.4, -0.2) is 71.8 Å². The molecule has 0 amide bonds. The standard InChI is InChI=1S/C23H21N3O13S4/c1-24-15-4-5-18-14(8-15)10-21(42(33,34)35)22(23(18)27)26-25-16-3-2-13-9-17(41(30,31)32)12-20(19(13)11-16)40(28,29)7-6-39-43(36,37)38/h2-5,8-12,24,27H,6-7H2,1H3,(H,30,31,32)(H,33,34,35)(H,36,37,38). The first-order chi connectivity index (χ1) is 19.8. The van der Waals surface area contributed by atoms with Gasteiger partial charge in [-0.1, -0.05) is 6.07 Å². The topological polar surface area (TPSA) is 263 Å². The molecule has 0 saturated heterocycles. The Morgan fingerprint density at radius 1 is 0.744 bits per heavy atom. The van der Waals surface area contributed by atoms with Gasteiger partial charge in [0, 0.05) is 23.5 Å². The molecule has 4 aromatic rings. The Kier molecular flexibility index (Phi) is 8.52. The smallest absolute Gasteiger partial charge is 0.397 e. The van der Waals surface area contributed by atoms with Crippen molar-refractivity contribution < 1.29 is 56.6 Å². The Bertz CT molecular complexity index is 2250. The molecule has 4 rings (SSSR count). The largest absolute Gasteiger partial charge is 0.505 e. The highest BCUT2D eigenvalue weighted by molar-refractivity contribution is 7.91. The normalized spacial score (nSPS) is 13.2. The highest BCUT2D eigenvalue weighted by Gasteiger charge is 2.25. The molecule has 0 spiro atoms. The highest BCUT2D eigenvalue weighted by Crippen LogP contribution is 2.42. The molecule has 0 aliphatic rings. The predicted octanol–water partition coefficient (Wildman–Crippen LogP) is 3.24. The van der Waals surface area contributed by atoms with Gasteiger partial charge in [-0.15, -0.1) is 5.11 Å². The third-order valence-electron chi connectivity index (χ3n) is 5.97. The second-order valence-corrected chi connectivity index (χ2v) is 14.8. The Morgan fingerprint density at radius 2 is 1.44 bits per heavy atom. The fourth-order valence-corrected chi connectivity index (χ4v) is 7.04. The van der Waals surface area contributed by atoms with Crippen LogP contribution in [0.1, 0.15) is 0 Å². The van der Waals surface area contributed by atoms with Gasteiger partial charge in [0.25, 0.3) is 20.2 Å². The van der Waals surface area contributed by atoms with E-state index in [9.17, 15) is 47.9 Å². The Hall–Kier alpha value is -3.76. The van der Waals surface area contributed by atoms with Crippen molar-refractivity contribution in [2.24, 2.45) is 10.2 Å². The number of nitrogens with zero attached hydrogens (tertiary/aromatic N) is 2. The average molecular weight is 676 g/mol. The van der Waals surface area contributed by atoms with Gasteiger partial charge in [0.2, 0.25) is 0 Å². The summed E-state index contributed by atoms with van der Waals surface area (Å²) in [5.74, 6) is -1.68. The quantitative estimate of drug-likeness (QED) is 0.119. The van der Waals surface area contributed by atoms with E-state index in [1.807, 2.05) is 0 Å². The van der Waals surface area contributed by atoms with Crippen LogP contribution in [0, 0.1) is 0 Å². The molecule has 0 bridgehead atoms. The van der Waals surface area contributed by atoms with Crippen molar-refractivity contribution in [2.75, 3.05) is 24.7 Å². The van der Waals surface area contributed by atoms with Crippen molar-refractivity contribution >= 4 is 79.1 Å². The Labute approximate surface area is 245 Å². The molecule has 16 nitrogen and oxygen atoms in total. The average Bonchev–Trinajstić information content (AvgIpc) is 2.89. The molecular formula is C23H21N3O13S4. The van der Waals surface area contributed by atoms with Crippen LogP contribution in [0.25, 0.3) is 21.5 Å². The number of rotatable bonds is 10. The van der Waals surface area contributed by atoms with Crippen molar-refractivity contribution in [1.82, 2.24) is 0 Å². The maximum atomic E-state index is 13.1. The van der Waals surface area contributed by atoms with Crippen molar-refractivity contribution in [3.05, 3.63) is 54.6 Å². The number of benzene rings is 4. The van der Waals surface area contributed by atoms with Crippen LogP contribution in [0.5, 0.6) is 5.75 Å². The molecule has 230 valence electrons. The lowest BCUT2D eigenvalue weighted by atomic mass is 10.1. The van der Waals surface area contributed by atoms with E-state index in [0.29, 0.717) is 11.8 Å². The fraction of sp³-hybridized carbons (Fsp3) is 0.130. The molecule has 0 aliphatic carbocycles. The van der Waals surface area contributed by atoms with E-state index in [0.717, 1.165) is 18.2 Å². The van der Waals surface area contributed by atoms with Crippen LogP contribution in [0.3, 0.4) is 0 Å². The molecule has 0 atom stereocenters. The number of azo groups is 1. The highest BCUT2D eigenvalue weighted by atomic mass is 32.3. The number of hydrogen-bond donors (Lipinski definition) is 5. The summed E-state index contributed by atoms with van der Waals surface area (Å²) in [6.45, 7) is -1.03. The van der Waals surface area contributed by atoms with Crippen LogP contribution in [0.15, 0.2) is 79.5 Å². The van der Waals surface area contributed by atoms with Gasteiger partial charge in [-0.3, -0.25) is 13.7 Å². The summed E-state index contributed by atoms with van der Waals surface area (Å²) >= 11 is 0. The Morgan fingerprint density at radius 3 is 2.05 bits per heavy atom. The second-order valence-electron chi connectivity index (χ2n) is 8.80. The van der Waals surface area contributed by atoms with E-state index in [4.69, 9.17) is 4.55 Å². The molecular weight excluding hydrogens is 655 g/mol. The summed E-state index contributed by atoms with van der Waals surface area (Å²) in [5, 5.41) is 21.5. The van der Waals surface area contributed by atoms with Crippen LogP contribution in [0.2, 0.25) is 0 Å². The monoisotopic (exact) mass is 675 g/mol. The molecule has 0 unspecified atom stereocenters. The molecule has 20 heteroatoms. The molecule has 0 heterocycles. The van der Waals surface area contributed by atoms with E-state index < -0.39 is 79.0 Å². The third-order valence-corrected chi connectivity index (χ3v) is 9.85. The summed E-state index contributed by atoms with van der Waals surface area (Å²) in [7, 11) is -17.8. The number of sulfone groups is 1. The first kappa shape index (κ1) is 32.2. The lowest BCUT2D eigenvalue weighted by Crippen LogP contribution is -2.16. The van der Waals surface area contributed by atoms with Gasteiger partial charge in [-0.2, -0.15) is 30.4 Å². The zero-order chi connectivity index (χ0) is 32.0. The number of nitrogens with one attached hydrogen (secondary N) is 1. The van der Waals surface area contributed by atoms with Gasteiger partial charge < -0.3 is 10.4 Å². The van der Waals surface area contributed by atoms with Crippen molar-refractivity contribution in [1.29, 1.82) is 0 Å². The molecule has 0 radical (unpaired) electrons. The number of phenolic OH excluding ortho intramolecular Hbond substituents is 1. The van der Waals surface area contributed by atoms with Gasteiger partial charge in [0.1, 0.15) is 10.6 Å². The first-order valence-corrected chi connectivity index (χ1v) is 17.5. The molecule has 4 aromatic carbocycles. The van der Waals surface area contributed by atoms with Crippen LogP contribution in [-0.2, 0) is 44.7 Å². The summed E-state index contributed by atoms with van der Waals surface area (Å²) in [6, 6.07) is 10.7. The molecule has 5 N–H and O–H groups in total. The minimum Gasteiger partial charge on any atom is -0.505 e. The third kappa shape index (κ3) is 7.25. The second kappa shape index (κ2) is 11.4. The zero-order valence-corrected chi connectivity index (χ0v) is 24.9. The fourth-order valence-electron chi connectivity index (χ4n) is 4.02. The maximum Gasteiger partial charge on any atom is 0.397 e. The maximum absolute atomic E-state index is 13.1. The van der Waals surface area contributed by atoms with Crippen molar-refractivity contribution in [2.45, 2.75) is 14.7 Å². The molecule has 0 aliphatic heterocycles. The molecule has 0 saturated carbocycles. The number of anilines is 1. The van der Waals surface area contributed by atoms with Gasteiger partial charge >= 0.3 is 10.4 Å². The van der Waals surface area contributed by atoms with E-state index in [1.165, 1.54) is 24.3 Å². The lowest BCUT2D eigenvalue weighted by Gasteiger charge is -2.11. The summed E-state index contributed by atoms with van der Waals surface area (Å²) in [5.41, 5.74) is -0.195. The van der Waals surface area contributed by atoms with E-state index in [-0.39, 0.29) is 27.2 Å². The minimum atomic E-state index is -4.99. The van der Waals surface area contributed by atoms with Crippen molar-refractivity contribution in [3.8, 4) is 5.75 Å². The summed E-state index contributed by atoms with van der Waals surface area (Å²) < 4.78 is 128. The molecule has 0 fully saturated rings. The van der Waals surface area contributed by atoms with Crippen LogP contribution < -0.4 is 5.32 Å². The summed E-state index contributed by atoms with van der Waals surface area (Å²) in [4.78, 5) is -2.28. The van der Waals surface area contributed by atoms with Gasteiger partial charge in [0.15, 0.2) is 15.6 Å². The number of aromatic hydroxyl groups is 1. The minimum absolute atomic E-state index is 0.0316. The van der Waals surface area contributed by atoms with E-state index >= 15 is 0 Å². The predicted molar refractivity (Wildman–Crippen MR) is 152 cm³/mol. The molecule has 0 aromatic heterocycles. The zero-order valence-electron chi connectivity index (χ0n) is 21.6. The SMILES string of the molecule is CNc1ccc2c(O)c(N=Nc3ccc4cc(S(=O)(=O)O)cc(S(=O)(=O)CCOS(=O)(=O)O)c4c3)c(S(=O)(=O)O)cc2c1. The first-order valence-electron chi connectivity index (χ1n) is 11.6. The van der Waals surface area contributed by atoms with E-state index in [1.54, 1.807) is 13.1 Å². The number of fused-ring (bicyclic) bond motifs is 2. The lowest BCUT2D eigenvalue weighted by molar-refractivity contribution is 0.284. The van der Waals surface area contributed by atoms with Crippen LogP contribution in [0.4, 0.5) is 17.1 Å². The van der Waals surface area contributed by atoms with Crippen molar-refractivity contribution in [3.63, 3.8) is 0 Å². The number of hydrogen-bond acceptors (Lipinski definition) is 13. The number of phenols is 1. The van der Waals surface area contributed by atoms with Crippen LogP contribution >= 0.6 is 0 Å². The van der Waals surface area contributed by atoms with Gasteiger partial charge in [0.05, 0.1) is 27.8 Å². The summed E-state index contributed by atoms with van der Waals surface area (Å²) in [6.07, 6.45) is 0. The van der Waals surface area contributed by atoms with E-state index in [2.05, 4.69) is 19.7 Å². The Balaban J connectivity index is 1.88. The van der Waals surface area contributed by atoms with Gasteiger partial charge in [-0.25, -0.2) is 12.6 Å². The van der Waals surface area contributed by atoms with Gasteiger partial charge in [-0.05, 0) is 59.3 Å².